The number of carbonyl (C=O) groups excluding carboxylic acids is 4. The van der Waals surface area contributed by atoms with Crippen molar-refractivity contribution in [3.63, 3.8) is 0 Å². The smallest absolute Gasteiger partial charge is 0.744 e. The molecule has 17 heteroatoms. The summed E-state index contributed by atoms with van der Waals surface area (Å²) in [6.07, 6.45) is 55.4. The van der Waals surface area contributed by atoms with Crippen molar-refractivity contribution in [1.82, 2.24) is 0 Å². The van der Waals surface area contributed by atoms with Crippen molar-refractivity contribution >= 4 is 81.9 Å². The Morgan fingerprint density at radius 2 is 0.541 bits per heavy atom. The molecule has 476 valence electrons. The van der Waals surface area contributed by atoms with Crippen molar-refractivity contribution < 1.29 is 64.1 Å². The van der Waals surface area contributed by atoms with E-state index in [2.05, 4.69) is 76.3 Å². The minimum atomic E-state index is -5.01. The molecule has 14 nitrogen and oxygen atoms in total. The molecule has 0 N–H and O–H groups in total. The Labute approximate surface area is 544 Å². The van der Waals surface area contributed by atoms with Crippen LogP contribution in [-0.4, -0.2) is 114 Å². The first-order valence-electron chi connectivity index (χ1n) is 32.1. The second kappa shape index (κ2) is 54.5. The summed E-state index contributed by atoms with van der Waals surface area (Å²) in [5.41, 5.74) is -1.61. The number of ether oxygens (including phenoxy) is 4. The molecule has 0 heterocycles. The summed E-state index contributed by atoms with van der Waals surface area (Å²) < 4.78 is 92.4. The summed E-state index contributed by atoms with van der Waals surface area (Å²) in [7, 11) is -10.0. The van der Waals surface area contributed by atoms with E-state index < -0.39 is 65.0 Å². The largest absolute Gasteiger partial charge is 2.00 e. The van der Waals surface area contributed by atoms with Crippen molar-refractivity contribution in [2.75, 3.05) is 26.4 Å². The third-order valence-corrected chi connectivity index (χ3v) is 15.7. The Kier molecular flexibility index (Phi) is 52.2. The van der Waals surface area contributed by atoms with Gasteiger partial charge in [-0.1, -0.05) is 217 Å². The van der Waals surface area contributed by atoms with Crippen LogP contribution in [0.5, 0.6) is 0 Å². The zero-order valence-electron chi connectivity index (χ0n) is 52.6. The van der Waals surface area contributed by atoms with E-state index in [-0.39, 0.29) is 75.3 Å². The minimum Gasteiger partial charge on any atom is -0.744 e. The van der Waals surface area contributed by atoms with Crippen molar-refractivity contribution in [1.29, 1.82) is 0 Å². The molecule has 0 bridgehead atoms. The van der Waals surface area contributed by atoms with Gasteiger partial charge in [-0.25, -0.2) is 36.0 Å². The number of rotatable bonds is 50. The normalized spacial score (nSPS) is 11.7. The average molecular weight is 1250 g/mol. The summed E-state index contributed by atoms with van der Waals surface area (Å²) in [6, 6.07) is 7.14. The number of unbranched alkanes of at least 4 members (excludes halogenated alkanes) is 28. The number of benzene rings is 2. The maximum absolute atomic E-state index is 12.9. The van der Waals surface area contributed by atoms with Gasteiger partial charge in [-0.2, -0.15) is 0 Å². The van der Waals surface area contributed by atoms with Gasteiger partial charge in [0.1, 0.15) is 20.2 Å². The maximum Gasteiger partial charge on any atom is 2.00 e. The van der Waals surface area contributed by atoms with Gasteiger partial charge in [0.2, 0.25) is 0 Å². The summed E-state index contributed by atoms with van der Waals surface area (Å²) >= 11 is 0. The minimum absolute atomic E-state index is 0. The topological polar surface area (TPSA) is 220 Å². The predicted octanol–water partition coefficient (Wildman–Crippen LogP) is 17.8. The van der Waals surface area contributed by atoms with Crippen LogP contribution in [0.2, 0.25) is 0 Å². The second-order valence-corrected chi connectivity index (χ2v) is 24.2. The van der Waals surface area contributed by atoms with Gasteiger partial charge >= 0.3 is 61.6 Å². The zero-order chi connectivity index (χ0) is 61.8. The third kappa shape index (κ3) is 42.0. The van der Waals surface area contributed by atoms with Crippen LogP contribution in [0.3, 0.4) is 0 Å². The van der Waals surface area contributed by atoms with Crippen LogP contribution in [0.1, 0.15) is 300 Å². The standard InChI is InChI=1S/2C34H54O7S.Ca/c2*1-3-5-7-9-11-13-15-17-19-21-23-28-40-33(35)30-26-25-27-31(42(37,38)39)32(30)34(36)41-29-24-22-20-18-16-14-12-10-8-6-4-2;/h2*7-10,25-27H,3-6,11-24,28-29H2,1-2H3,(H,37,38,39);/q;;+2/p-2/b2*9-7+,10-8+;. The molecule has 0 amide bonds. The summed E-state index contributed by atoms with van der Waals surface area (Å²) in [4.78, 5) is 49.7. The Morgan fingerprint density at radius 1 is 0.329 bits per heavy atom. The number of hydrogen-bond donors (Lipinski definition) is 0. The van der Waals surface area contributed by atoms with Crippen LogP contribution >= 0.6 is 0 Å². The summed E-state index contributed by atoms with van der Waals surface area (Å²) in [5.74, 6) is -3.67. The predicted molar refractivity (Wildman–Crippen MR) is 341 cm³/mol. The van der Waals surface area contributed by atoms with E-state index in [1.165, 1.54) is 62.8 Å². The van der Waals surface area contributed by atoms with Crippen LogP contribution in [0.15, 0.2) is 94.8 Å². The van der Waals surface area contributed by atoms with E-state index in [9.17, 15) is 45.1 Å². The van der Waals surface area contributed by atoms with E-state index in [1.807, 2.05) is 0 Å². The molecule has 85 heavy (non-hydrogen) atoms. The molecule has 0 fully saturated rings. The van der Waals surface area contributed by atoms with Gasteiger partial charge in [0.05, 0.1) is 58.5 Å². The zero-order valence-corrected chi connectivity index (χ0v) is 56.4. The van der Waals surface area contributed by atoms with Gasteiger partial charge in [-0.15, -0.1) is 0 Å². The van der Waals surface area contributed by atoms with Gasteiger partial charge < -0.3 is 28.1 Å². The van der Waals surface area contributed by atoms with Crippen LogP contribution < -0.4 is 0 Å². The molecule has 0 atom stereocenters. The number of hydrogen-bond acceptors (Lipinski definition) is 14. The van der Waals surface area contributed by atoms with Crippen molar-refractivity contribution in [2.45, 2.75) is 269 Å². The third-order valence-electron chi connectivity index (χ3n) is 13.9. The van der Waals surface area contributed by atoms with E-state index in [4.69, 9.17) is 18.9 Å². The van der Waals surface area contributed by atoms with Crippen LogP contribution in [-0.2, 0) is 39.2 Å². The molecule has 0 radical (unpaired) electrons. The van der Waals surface area contributed by atoms with Crippen LogP contribution in [0.25, 0.3) is 0 Å². The molecule has 2 rings (SSSR count). The van der Waals surface area contributed by atoms with Gasteiger partial charge in [-0.05, 0) is 127 Å². The molecule has 2 aromatic carbocycles. The number of esters is 4. The molecule has 0 spiro atoms. The maximum atomic E-state index is 12.9. The van der Waals surface area contributed by atoms with Crippen LogP contribution in [0, 0.1) is 0 Å². The van der Waals surface area contributed by atoms with Crippen molar-refractivity contribution in [3.8, 4) is 0 Å². The Morgan fingerprint density at radius 3 is 0.776 bits per heavy atom. The molecule has 0 unspecified atom stereocenters. The fourth-order valence-corrected chi connectivity index (χ4v) is 10.5. The summed E-state index contributed by atoms with van der Waals surface area (Å²) in [6.45, 7) is 9.12. The molecule has 2 aromatic rings. The van der Waals surface area contributed by atoms with E-state index >= 15 is 0 Å². The Hall–Kier alpha value is -3.64. The first-order valence-corrected chi connectivity index (χ1v) is 34.9. The molecule has 0 aromatic heterocycles. The molecule has 0 saturated heterocycles. The van der Waals surface area contributed by atoms with Gasteiger partial charge in [-0.3, -0.25) is 0 Å². The fourth-order valence-electron chi connectivity index (χ4n) is 9.09. The molecule has 0 aliphatic rings. The molecular formula is C68H106CaO14S2. The van der Waals surface area contributed by atoms with E-state index in [0.717, 1.165) is 179 Å². The average Bonchev–Trinajstić information content (AvgIpc) is 3.62. The first-order chi connectivity index (χ1) is 40.6. The Balaban J connectivity index is 0.00000164. The first kappa shape index (κ1) is 81.4. The quantitative estimate of drug-likeness (QED) is 0.0150. The van der Waals surface area contributed by atoms with Crippen LogP contribution in [0.4, 0.5) is 0 Å². The van der Waals surface area contributed by atoms with Gasteiger partial charge in [0, 0.05) is 0 Å². The SMILES string of the molecule is CCC/C=C/CCCCCCCCOC(=O)c1cccc(S(=O)(=O)[O-])c1C(=O)OCCCCCCCC/C=C/CCC.CCC/C=C/CCCCCCCCOC(=O)c1cccc(S(=O)(=O)[O-])c1C(=O)OCCCCCCCC/C=C/CCC.[Ca+2]. The van der Waals surface area contributed by atoms with Gasteiger partial charge in [0.15, 0.2) is 0 Å². The Bertz CT molecular complexity index is 2260. The van der Waals surface area contributed by atoms with Gasteiger partial charge in [0.25, 0.3) is 0 Å². The van der Waals surface area contributed by atoms with Crippen molar-refractivity contribution in [3.05, 3.63) is 107 Å². The fraction of sp³-hybridized carbons (Fsp3) is 0.647. The van der Waals surface area contributed by atoms with E-state index in [0.29, 0.717) is 25.7 Å². The monoisotopic (exact) mass is 1250 g/mol. The number of allylic oxidation sites excluding steroid dienone is 8. The molecule has 0 aliphatic heterocycles. The number of carbonyl (C=O) groups is 4. The molecule has 0 aliphatic carbocycles. The molecular weight excluding hydrogens is 1140 g/mol. The van der Waals surface area contributed by atoms with E-state index in [1.54, 1.807) is 0 Å². The van der Waals surface area contributed by atoms with Crippen molar-refractivity contribution in [2.24, 2.45) is 0 Å². The summed E-state index contributed by atoms with van der Waals surface area (Å²) in [5, 5.41) is 0. The molecule has 0 saturated carbocycles. The second-order valence-electron chi connectivity index (χ2n) is 21.5.